The Bertz CT molecular complexity index is 603. The SMILES string of the molecule is CC(C)(C)NCc1c(F)cccc1Oc1ccc(F)cc1. The van der Waals surface area contributed by atoms with Gasteiger partial charge in [-0.25, -0.2) is 8.78 Å². The lowest BCUT2D eigenvalue weighted by molar-refractivity contribution is 0.406. The van der Waals surface area contributed by atoms with Crippen LogP contribution in [-0.4, -0.2) is 5.54 Å². The van der Waals surface area contributed by atoms with E-state index in [-0.39, 0.29) is 17.2 Å². The minimum atomic E-state index is -0.337. The van der Waals surface area contributed by atoms with Gasteiger partial charge in [0, 0.05) is 17.6 Å². The minimum absolute atomic E-state index is 0.130. The molecule has 0 spiro atoms. The summed E-state index contributed by atoms with van der Waals surface area (Å²) in [6, 6.07) is 10.3. The topological polar surface area (TPSA) is 21.3 Å². The zero-order valence-corrected chi connectivity index (χ0v) is 12.4. The predicted octanol–water partition coefficient (Wildman–Crippen LogP) is 4.65. The molecule has 0 unspecified atom stereocenters. The number of halogens is 2. The molecule has 0 saturated carbocycles. The molecule has 2 aromatic rings. The molecule has 0 aliphatic heterocycles. The van der Waals surface area contributed by atoms with Gasteiger partial charge in [-0.2, -0.15) is 0 Å². The molecule has 112 valence electrons. The fourth-order valence-electron chi connectivity index (χ4n) is 1.79. The molecule has 0 heterocycles. The van der Waals surface area contributed by atoms with Crippen molar-refractivity contribution in [3.8, 4) is 11.5 Å². The van der Waals surface area contributed by atoms with Crippen molar-refractivity contribution in [1.29, 1.82) is 0 Å². The van der Waals surface area contributed by atoms with Crippen molar-refractivity contribution in [3.63, 3.8) is 0 Å². The van der Waals surface area contributed by atoms with E-state index < -0.39 is 0 Å². The highest BCUT2D eigenvalue weighted by Crippen LogP contribution is 2.27. The van der Waals surface area contributed by atoms with Crippen LogP contribution in [0.2, 0.25) is 0 Å². The summed E-state index contributed by atoms with van der Waals surface area (Å²) >= 11 is 0. The van der Waals surface area contributed by atoms with Crippen molar-refractivity contribution in [1.82, 2.24) is 5.32 Å². The molecule has 2 nitrogen and oxygen atoms in total. The third-order valence-electron chi connectivity index (χ3n) is 2.91. The second-order valence-corrected chi connectivity index (χ2v) is 5.88. The van der Waals surface area contributed by atoms with Gasteiger partial charge in [0.2, 0.25) is 0 Å². The molecule has 1 N–H and O–H groups in total. The van der Waals surface area contributed by atoms with E-state index in [0.717, 1.165) is 0 Å². The number of benzene rings is 2. The molecule has 0 fully saturated rings. The molecule has 0 aliphatic carbocycles. The van der Waals surface area contributed by atoms with Crippen LogP contribution in [0.5, 0.6) is 11.5 Å². The van der Waals surface area contributed by atoms with E-state index in [9.17, 15) is 8.78 Å². The quantitative estimate of drug-likeness (QED) is 0.885. The second-order valence-electron chi connectivity index (χ2n) is 5.88. The number of hydrogen-bond donors (Lipinski definition) is 1. The Labute approximate surface area is 123 Å². The first-order valence-corrected chi connectivity index (χ1v) is 6.81. The Morgan fingerprint density at radius 3 is 2.29 bits per heavy atom. The smallest absolute Gasteiger partial charge is 0.134 e. The molecule has 0 aliphatic rings. The standard InChI is InChI=1S/C17H19F2NO/c1-17(2,3)20-11-14-15(19)5-4-6-16(14)21-13-9-7-12(18)8-10-13/h4-10,20H,11H2,1-3H3. The number of nitrogens with one attached hydrogen (secondary N) is 1. The van der Waals surface area contributed by atoms with Gasteiger partial charge in [0.25, 0.3) is 0 Å². The molecule has 0 saturated heterocycles. The van der Waals surface area contributed by atoms with Gasteiger partial charge in [0.15, 0.2) is 0 Å². The summed E-state index contributed by atoms with van der Waals surface area (Å²) in [4.78, 5) is 0. The highest BCUT2D eigenvalue weighted by atomic mass is 19.1. The molecule has 0 amide bonds. The van der Waals surface area contributed by atoms with Gasteiger partial charge < -0.3 is 10.1 Å². The summed E-state index contributed by atoms with van der Waals surface area (Å²) in [5, 5.41) is 3.23. The second kappa shape index (κ2) is 6.22. The third-order valence-corrected chi connectivity index (χ3v) is 2.91. The van der Waals surface area contributed by atoms with E-state index >= 15 is 0 Å². The molecule has 2 aromatic carbocycles. The minimum Gasteiger partial charge on any atom is -0.457 e. The zero-order chi connectivity index (χ0) is 15.5. The molecular weight excluding hydrogens is 272 g/mol. The van der Waals surface area contributed by atoms with Gasteiger partial charge in [0.05, 0.1) is 0 Å². The van der Waals surface area contributed by atoms with Gasteiger partial charge in [-0.15, -0.1) is 0 Å². The van der Waals surface area contributed by atoms with E-state index in [0.29, 0.717) is 23.6 Å². The van der Waals surface area contributed by atoms with Crippen LogP contribution in [0.1, 0.15) is 26.3 Å². The molecule has 0 bridgehead atoms. The Kier molecular flexibility index (Phi) is 4.58. The lowest BCUT2D eigenvalue weighted by Gasteiger charge is -2.22. The van der Waals surface area contributed by atoms with Crippen LogP contribution in [0.25, 0.3) is 0 Å². The summed E-state index contributed by atoms with van der Waals surface area (Å²) < 4.78 is 32.6. The summed E-state index contributed by atoms with van der Waals surface area (Å²) in [6.07, 6.45) is 0. The maximum Gasteiger partial charge on any atom is 0.134 e. The molecule has 4 heteroatoms. The van der Waals surface area contributed by atoms with E-state index in [2.05, 4.69) is 5.32 Å². The fraction of sp³-hybridized carbons (Fsp3) is 0.294. The van der Waals surface area contributed by atoms with Gasteiger partial charge >= 0.3 is 0 Å². The van der Waals surface area contributed by atoms with Gasteiger partial charge in [-0.05, 0) is 57.2 Å². The maximum atomic E-state index is 14.0. The van der Waals surface area contributed by atoms with E-state index in [1.807, 2.05) is 20.8 Å². The van der Waals surface area contributed by atoms with Crippen LogP contribution < -0.4 is 10.1 Å². The highest BCUT2D eigenvalue weighted by molar-refractivity contribution is 5.38. The average molecular weight is 291 g/mol. The van der Waals surface area contributed by atoms with E-state index in [1.54, 1.807) is 12.1 Å². The van der Waals surface area contributed by atoms with Crippen LogP contribution >= 0.6 is 0 Å². The Morgan fingerprint density at radius 2 is 1.67 bits per heavy atom. The van der Waals surface area contributed by atoms with Crippen LogP contribution in [0.4, 0.5) is 8.78 Å². The molecule has 0 radical (unpaired) electrons. The van der Waals surface area contributed by atoms with E-state index in [1.165, 1.54) is 30.3 Å². The largest absolute Gasteiger partial charge is 0.457 e. The van der Waals surface area contributed by atoms with Crippen LogP contribution in [0, 0.1) is 11.6 Å². The summed E-state index contributed by atoms with van der Waals surface area (Å²) in [5.74, 6) is 0.236. The van der Waals surface area contributed by atoms with Crippen molar-refractivity contribution in [2.45, 2.75) is 32.9 Å². The van der Waals surface area contributed by atoms with Gasteiger partial charge in [-0.1, -0.05) is 6.07 Å². The van der Waals surface area contributed by atoms with Crippen molar-refractivity contribution in [3.05, 3.63) is 59.7 Å². The van der Waals surface area contributed by atoms with Crippen molar-refractivity contribution < 1.29 is 13.5 Å². The first-order valence-electron chi connectivity index (χ1n) is 6.81. The molecule has 0 atom stereocenters. The summed E-state index contributed by atoms with van der Waals surface area (Å²) in [5.41, 5.74) is 0.326. The normalized spacial score (nSPS) is 11.5. The Balaban J connectivity index is 2.22. The first kappa shape index (κ1) is 15.4. The maximum absolute atomic E-state index is 14.0. The third kappa shape index (κ3) is 4.53. The molecular formula is C17H19F2NO. The lowest BCUT2D eigenvalue weighted by atomic mass is 10.1. The number of rotatable bonds is 4. The molecule has 21 heavy (non-hydrogen) atoms. The number of hydrogen-bond acceptors (Lipinski definition) is 2. The van der Waals surface area contributed by atoms with Gasteiger partial charge in [0.1, 0.15) is 23.1 Å². The zero-order valence-electron chi connectivity index (χ0n) is 12.4. The van der Waals surface area contributed by atoms with Crippen LogP contribution in [0.3, 0.4) is 0 Å². The fourth-order valence-corrected chi connectivity index (χ4v) is 1.79. The van der Waals surface area contributed by atoms with Crippen molar-refractivity contribution in [2.75, 3.05) is 0 Å². The summed E-state index contributed by atoms with van der Waals surface area (Å²) in [7, 11) is 0. The van der Waals surface area contributed by atoms with Gasteiger partial charge in [-0.3, -0.25) is 0 Å². The number of ether oxygens (including phenoxy) is 1. The molecule has 0 aromatic heterocycles. The monoisotopic (exact) mass is 291 g/mol. The van der Waals surface area contributed by atoms with Crippen LogP contribution in [-0.2, 0) is 6.54 Å². The lowest BCUT2D eigenvalue weighted by Crippen LogP contribution is -2.35. The van der Waals surface area contributed by atoms with Crippen molar-refractivity contribution in [2.24, 2.45) is 0 Å². The van der Waals surface area contributed by atoms with Crippen molar-refractivity contribution >= 4 is 0 Å². The highest BCUT2D eigenvalue weighted by Gasteiger charge is 2.14. The molecule has 2 rings (SSSR count). The Hall–Kier alpha value is -1.94. The van der Waals surface area contributed by atoms with Crippen LogP contribution in [0.15, 0.2) is 42.5 Å². The Morgan fingerprint density at radius 1 is 1.00 bits per heavy atom. The summed E-state index contributed by atoms with van der Waals surface area (Å²) in [6.45, 7) is 6.38. The van der Waals surface area contributed by atoms with E-state index in [4.69, 9.17) is 4.74 Å². The predicted molar refractivity (Wildman–Crippen MR) is 79.5 cm³/mol. The average Bonchev–Trinajstić information content (AvgIpc) is 2.39. The first-order chi connectivity index (χ1) is 9.85.